The number of carbonyl (C=O) groups is 2. The van der Waals surface area contributed by atoms with Crippen molar-refractivity contribution in [3.8, 4) is 0 Å². The summed E-state index contributed by atoms with van der Waals surface area (Å²) in [5.74, 6) is -1.83. The van der Waals surface area contributed by atoms with Crippen LogP contribution in [-0.2, 0) is 145 Å². The number of methoxy groups -OCH3 is 2. The number of benzene rings is 2. The van der Waals surface area contributed by atoms with Crippen LogP contribution in [0, 0.1) is 0 Å². The van der Waals surface area contributed by atoms with Gasteiger partial charge in [-0.2, -0.15) is 21.4 Å². The van der Waals surface area contributed by atoms with Crippen molar-refractivity contribution < 1.29 is 155 Å². The van der Waals surface area contributed by atoms with E-state index in [9.17, 15) is 45.7 Å². The molecule has 0 radical (unpaired) electrons. The van der Waals surface area contributed by atoms with Gasteiger partial charge in [-0.25, -0.2) is 9.78 Å². The molecule has 0 saturated carbocycles. The number of ketones is 1. The fraction of sp³-hybridized carbons (Fsp3) is 0.720. The molecule has 1 atom stereocenters. The number of fused-ring (bicyclic) bond motifs is 2. The van der Waals surface area contributed by atoms with Crippen molar-refractivity contribution in [2.45, 2.75) is 73.5 Å². The summed E-state index contributed by atoms with van der Waals surface area (Å²) in [5, 5.41) is 21.4. The molecule has 5 rings (SSSR count). The van der Waals surface area contributed by atoms with Crippen LogP contribution in [-0.4, -0.2) is 350 Å². The smallest absolute Gasteiger partial charge is 0.303 e. The number of carboxylic acid groups (broad SMARTS) is 1. The molecule has 111 heavy (non-hydrogen) atoms. The fourth-order valence-electron chi connectivity index (χ4n) is 11.5. The Balaban J connectivity index is 1.06. The highest BCUT2D eigenvalue weighted by Gasteiger charge is 2.49. The summed E-state index contributed by atoms with van der Waals surface area (Å²) < 4.78 is 182. The third-order valence-electron chi connectivity index (χ3n) is 17.4. The van der Waals surface area contributed by atoms with Gasteiger partial charge < -0.3 is 110 Å². The molecule has 0 bridgehead atoms. The quantitative estimate of drug-likeness (QED) is 0.0167. The summed E-state index contributed by atoms with van der Waals surface area (Å²) in [5.41, 5.74) is 0.828. The van der Waals surface area contributed by atoms with Crippen LogP contribution >= 0.6 is 0 Å². The Labute approximate surface area is 653 Å². The maximum Gasteiger partial charge on any atom is 0.303 e. The molecule has 0 amide bonds. The van der Waals surface area contributed by atoms with E-state index in [4.69, 9.17) is 105 Å². The van der Waals surface area contributed by atoms with Crippen LogP contribution < -0.4 is 4.90 Å². The van der Waals surface area contributed by atoms with Gasteiger partial charge in [-0.1, -0.05) is 6.42 Å². The largest absolute Gasteiger partial charge is 0.506 e. The molecule has 36 heteroatoms. The van der Waals surface area contributed by atoms with Crippen LogP contribution in [0.5, 0.6) is 0 Å². The number of hydrogen-bond acceptors (Lipinski definition) is 30. The predicted molar refractivity (Wildman–Crippen MR) is 402 cm³/mol. The minimum atomic E-state index is -4.71. The van der Waals surface area contributed by atoms with Crippen LogP contribution in [0.25, 0.3) is 0 Å². The number of nitrogens with zero attached hydrogens (tertiary/aromatic N) is 2. The Morgan fingerprint density at radius 3 is 1.14 bits per heavy atom. The van der Waals surface area contributed by atoms with Gasteiger partial charge in [0.1, 0.15) is 19.0 Å². The first-order valence-corrected chi connectivity index (χ1v) is 40.6. The van der Waals surface area contributed by atoms with E-state index < -0.39 is 42.8 Å². The second-order valence-corrected chi connectivity index (χ2v) is 28.6. The summed E-state index contributed by atoms with van der Waals surface area (Å²) in [6.07, 6.45) is 4.55. The van der Waals surface area contributed by atoms with Crippen molar-refractivity contribution in [2.75, 3.05) is 296 Å². The Hall–Kier alpha value is -4.99. The van der Waals surface area contributed by atoms with Crippen LogP contribution in [0.4, 0.5) is 11.4 Å². The third kappa shape index (κ3) is 37.7. The van der Waals surface area contributed by atoms with Gasteiger partial charge in [-0.15, -0.1) is 0 Å². The van der Waals surface area contributed by atoms with E-state index in [0.717, 1.165) is 0 Å². The number of hydrogen-bond donors (Lipinski definition) is 4. The van der Waals surface area contributed by atoms with Gasteiger partial charge in [-0.05, 0) is 82.0 Å². The third-order valence-corrected chi connectivity index (χ3v) is 19.1. The van der Waals surface area contributed by atoms with Gasteiger partial charge >= 0.3 is 5.97 Å². The normalized spacial score (nSPS) is 16.4. The minimum absolute atomic E-state index is 0.0403. The topological polar surface area (TPSA) is 393 Å². The molecule has 2 aliphatic heterocycles. The molecule has 0 spiro atoms. The lowest BCUT2D eigenvalue weighted by Gasteiger charge is -2.32. The Morgan fingerprint density at radius 2 is 0.784 bits per heavy atom. The van der Waals surface area contributed by atoms with Crippen molar-refractivity contribution in [2.24, 2.45) is 0 Å². The molecule has 2 aromatic carbocycles. The van der Waals surface area contributed by atoms with Gasteiger partial charge in [0.2, 0.25) is 11.5 Å². The maximum absolute atomic E-state index is 14.7. The molecule has 2 aromatic rings. The Kier molecular flexibility index (Phi) is 49.7. The molecule has 0 saturated heterocycles. The zero-order chi connectivity index (χ0) is 80.1. The summed E-state index contributed by atoms with van der Waals surface area (Å²) >= 11 is 0. The monoisotopic (exact) mass is 1630 g/mol. The molecule has 3 aliphatic rings. The number of allylic oxidation sites excluding steroid dienone is 5. The predicted octanol–water partition coefficient (Wildman–Crippen LogP) is 5.11. The van der Waals surface area contributed by atoms with Gasteiger partial charge in [0.15, 0.2) is 12.3 Å². The molecule has 1 unspecified atom stereocenters. The van der Waals surface area contributed by atoms with Crippen molar-refractivity contribution in [3.63, 3.8) is 0 Å². The van der Waals surface area contributed by atoms with E-state index >= 15 is 0 Å². The average Bonchev–Trinajstić information content (AvgIpc) is 1.54. The van der Waals surface area contributed by atoms with Gasteiger partial charge in [0.05, 0.1) is 277 Å². The molecule has 1 aliphatic carbocycles. The molecule has 4 N–H and O–H groups in total. The zero-order valence-electron chi connectivity index (χ0n) is 65.3. The Morgan fingerprint density at radius 1 is 0.441 bits per heavy atom. The number of aliphatic carboxylic acids is 1. The number of rotatable bonds is 74. The van der Waals surface area contributed by atoms with E-state index in [2.05, 4.69) is 0 Å². The SMILES string of the molecule is COCCOCCOCCOCCOCCOCCOCCOCCOCCOCCOCC[N+]1=C(C=C2C(=O)C(C=C3N(CCCCCC(=O)O)c4ccc(S(=O)(=O)O)cc4C3(C)CCOOCCOCCOCCOCCOCCOCCOCCOCCOCCOC)=C2O)C(C)(C)c2cc(S(=O)(=O)O)ccc21. The van der Waals surface area contributed by atoms with E-state index in [1.54, 1.807) is 38.5 Å². The van der Waals surface area contributed by atoms with E-state index in [1.165, 1.54) is 24.3 Å². The second-order valence-electron chi connectivity index (χ2n) is 25.7. The van der Waals surface area contributed by atoms with Crippen molar-refractivity contribution in [1.82, 2.24) is 0 Å². The first kappa shape index (κ1) is 96.6. The lowest BCUT2D eigenvalue weighted by Crippen LogP contribution is -2.33. The molecular formula is C75H121N2O32S2+. The molecule has 0 fully saturated rings. The van der Waals surface area contributed by atoms with Crippen molar-refractivity contribution >= 4 is 49.1 Å². The maximum atomic E-state index is 14.7. The summed E-state index contributed by atoms with van der Waals surface area (Å²) in [7, 11) is -6.08. The number of carbonyl (C=O) groups excluding carboxylic acids is 1. The van der Waals surface area contributed by atoms with Gasteiger partial charge in [-0.3, -0.25) is 18.7 Å². The van der Waals surface area contributed by atoms with Crippen LogP contribution in [0.15, 0.2) is 80.9 Å². The highest BCUT2D eigenvalue weighted by molar-refractivity contribution is 7.86. The summed E-state index contributed by atoms with van der Waals surface area (Å²) in [4.78, 5) is 38.4. The minimum Gasteiger partial charge on any atom is -0.506 e. The zero-order valence-corrected chi connectivity index (χ0v) is 66.9. The summed E-state index contributed by atoms with van der Waals surface area (Å²) in [6.45, 7) is 21.5. The standard InChI is InChI=1S/C75H120N2O32S2/c1-74(2)65-57-61(110(82,83)84)10-12-67(65)77(16-18-90-23-24-93-29-30-96-35-36-99-41-42-102-46-47-103-45-43-100-39-37-97-33-31-94-27-25-91-21-19-88-4)69(74)59-63-72(80)64(73(63)81)60-70-75(3,66-58-62(111(85,86)87)11-13-68(66)76(70)15-8-6-7-9-71(78)79)14-17-108-109-56-55-107-54-53-106-52-51-105-50-49-104-48-44-101-40-38-98-34-32-95-28-26-92-22-20-89-5/h10-13,57-60H,6-9,14-56H2,1-5H3,(H3-,78,79,80,81,82,83,84,85,86,87)/p+1. The first-order valence-electron chi connectivity index (χ1n) is 37.7. The second kappa shape index (κ2) is 57.1. The number of aliphatic hydroxyl groups is 1. The number of ether oxygens (including phenoxy) is 20. The van der Waals surface area contributed by atoms with Gasteiger partial charge in [0, 0.05) is 61.7 Å². The fourth-order valence-corrected chi connectivity index (χ4v) is 12.5. The number of carboxylic acids is 1. The highest BCUT2D eigenvalue weighted by atomic mass is 32.2. The van der Waals surface area contributed by atoms with Gasteiger partial charge in [0.25, 0.3) is 20.2 Å². The first-order chi connectivity index (χ1) is 53.8. The van der Waals surface area contributed by atoms with Crippen LogP contribution in [0.1, 0.15) is 64.0 Å². The average molecular weight is 1630 g/mol. The molecule has 0 aromatic heterocycles. The Bertz CT molecular complexity index is 3300. The number of anilines is 1. The molecule has 34 nitrogen and oxygen atoms in total. The van der Waals surface area contributed by atoms with Crippen LogP contribution in [0.2, 0.25) is 0 Å². The lowest BCUT2D eigenvalue weighted by molar-refractivity contribution is -0.442. The van der Waals surface area contributed by atoms with E-state index in [1.807, 2.05) is 30.2 Å². The number of aliphatic hydroxyl groups excluding tert-OH is 1. The van der Waals surface area contributed by atoms with E-state index in [0.29, 0.717) is 271 Å². The van der Waals surface area contributed by atoms with Crippen molar-refractivity contribution in [1.29, 1.82) is 0 Å². The number of Topliss-reactive ketones (excluding diaryl/α,β-unsaturated/α-hetero) is 1. The van der Waals surface area contributed by atoms with Crippen LogP contribution in [0.3, 0.4) is 0 Å². The highest BCUT2D eigenvalue weighted by Crippen LogP contribution is 2.52. The molecular weight excluding hydrogens is 1500 g/mol. The van der Waals surface area contributed by atoms with E-state index in [-0.39, 0.29) is 98.9 Å². The molecule has 634 valence electrons. The summed E-state index contributed by atoms with van der Waals surface area (Å²) in [6, 6.07) is 8.40. The number of unbranched alkanes of at least 4 members (excludes halogenated alkanes) is 2. The van der Waals surface area contributed by atoms with Crippen molar-refractivity contribution in [3.05, 3.63) is 82.3 Å². The molecule has 2 heterocycles. The lowest BCUT2D eigenvalue weighted by atomic mass is 9.76.